The van der Waals surface area contributed by atoms with Crippen LogP contribution in [-0.2, 0) is 30.7 Å². The van der Waals surface area contributed by atoms with Crippen LogP contribution in [0.25, 0.3) is 22.5 Å². The van der Waals surface area contributed by atoms with E-state index >= 15 is 0 Å². The predicted molar refractivity (Wildman–Crippen MR) is 155 cm³/mol. The molecule has 0 fully saturated rings. The van der Waals surface area contributed by atoms with Crippen molar-refractivity contribution in [2.24, 2.45) is 5.41 Å². The van der Waals surface area contributed by atoms with E-state index in [1.807, 2.05) is 48.5 Å². The molecule has 0 amide bonds. The standard InChI is InChI=1S/C30H36N4O4.Na.H/c1-6-7-12-25-24(28(35)34(19-30(2,3)4)26(31-25)18-37-5)17-20-13-15-21(16-14-20)22-10-8-9-11-23(22)27-32-29(36)38-33-27;;/h8-11,13-16H,6-7,12,17-19H2,1-5H3,(H,32,33,36);;. The maximum absolute atomic E-state index is 13.8. The van der Waals surface area contributed by atoms with Crippen molar-refractivity contribution in [3.8, 4) is 22.5 Å². The zero-order valence-electron chi connectivity index (χ0n) is 22.8. The predicted octanol–water partition coefficient (Wildman–Crippen LogP) is 4.73. The van der Waals surface area contributed by atoms with Crippen LogP contribution in [0.2, 0.25) is 0 Å². The van der Waals surface area contributed by atoms with Gasteiger partial charge in [0.15, 0.2) is 5.82 Å². The Morgan fingerprint density at radius 3 is 2.31 bits per heavy atom. The van der Waals surface area contributed by atoms with Crippen molar-refractivity contribution < 1.29 is 9.26 Å². The first kappa shape index (κ1) is 30.8. The molecule has 0 bridgehead atoms. The number of nitrogens with zero attached hydrogens (tertiary/aromatic N) is 3. The molecule has 2 heterocycles. The normalized spacial score (nSPS) is 11.4. The summed E-state index contributed by atoms with van der Waals surface area (Å²) in [5.41, 5.74) is 5.23. The summed E-state index contributed by atoms with van der Waals surface area (Å²) < 4.78 is 11.9. The van der Waals surface area contributed by atoms with E-state index in [-0.39, 0.29) is 40.5 Å². The second-order valence-electron chi connectivity index (χ2n) is 10.8. The third-order valence-corrected chi connectivity index (χ3v) is 6.37. The Bertz CT molecular complexity index is 1500. The van der Waals surface area contributed by atoms with Crippen molar-refractivity contribution in [3.63, 3.8) is 0 Å². The summed E-state index contributed by atoms with van der Waals surface area (Å²) in [5.74, 6) is 0.475. The number of nitrogens with one attached hydrogen (secondary N) is 1. The number of benzene rings is 2. The van der Waals surface area contributed by atoms with Crippen LogP contribution in [0.4, 0.5) is 0 Å². The van der Waals surface area contributed by atoms with E-state index in [4.69, 9.17) is 14.2 Å². The Morgan fingerprint density at radius 2 is 1.72 bits per heavy atom. The summed E-state index contributed by atoms with van der Waals surface area (Å²) in [6, 6.07) is 15.8. The van der Waals surface area contributed by atoms with E-state index in [1.165, 1.54) is 0 Å². The van der Waals surface area contributed by atoms with Gasteiger partial charge in [-0.2, -0.15) is 0 Å². The van der Waals surface area contributed by atoms with Gasteiger partial charge in [-0.1, -0.05) is 87.8 Å². The van der Waals surface area contributed by atoms with Crippen LogP contribution in [0, 0.1) is 5.41 Å². The van der Waals surface area contributed by atoms with Gasteiger partial charge in [-0.05, 0) is 34.9 Å². The van der Waals surface area contributed by atoms with Gasteiger partial charge < -0.3 is 4.74 Å². The molecule has 0 aliphatic carbocycles. The van der Waals surface area contributed by atoms with Gasteiger partial charge in [0.25, 0.3) is 5.56 Å². The van der Waals surface area contributed by atoms with Gasteiger partial charge in [-0.15, -0.1) is 0 Å². The molecule has 202 valence electrons. The number of aryl methyl sites for hydroxylation is 1. The molecule has 0 aliphatic heterocycles. The van der Waals surface area contributed by atoms with Crippen LogP contribution in [0.5, 0.6) is 0 Å². The van der Waals surface area contributed by atoms with Crippen molar-refractivity contribution in [1.29, 1.82) is 0 Å². The fourth-order valence-electron chi connectivity index (χ4n) is 4.59. The van der Waals surface area contributed by atoms with Gasteiger partial charge >= 0.3 is 35.3 Å². The van der Waals surface area contributed by atoms with Gasteiger partial charge in [0, 0.05) is 31.2 Å². The zero-order chi connectivity index (χ0) is 27.3. The third-order valence-electron chi connectivity index (χ3n) is 6.37. The molecule has 0 saturated carbocycles. The van der Waals surface area contributed by atoms with Gasteiger partial charge in [0.05, 0.1) is 5.69 Å². The van der Waals surface area contributed by atoms with Crippen molar-refractivity contribution in [2.75, 3.05) is 7.11 Å². The van der Waals surface area contributed by atoms with Crippen molar-refractivity contribution in [1.82, 2.24) is 19.7 Å². The van der Waals surface area contributed by atoms with Crippen LogP contribution < -0.4 is 11.3 Å². The Morgan fingerprint density at radius 1 is 1.03 bits per heavy atom. The second-order valence-corrected chi connectivity index (χ2v) is 10.8. The molecule has 2 aromatic carbocycles. The molecule has 1 N–H and O–H groups in total. The summed E-state index contributed by atoms with van der Waals surface area (Å²) in [6.07, 6.45) is 3.25. The Labute approximate surface area is 251 Å². The molecule has 2 aromatic heterocycles. The molecule has 39 heavy (non-hydrogen) atoms. The molecule has 0 spiro atoms. The Hall–Kier alpha value is -2.78. The van der Waals surface area contributed by atoms with E-state index < -0.39 is 5.76 Å². The first-order chi connectivity index (χ1) is 18.2. The molecular weight excluding hydrogens is 503 g/mol. The number of hydrogen-bond donors (Lipinski definition) is 1. The average molecular weight is 541 g/mol. The Kier molecular flexibility index (Phi) is 10.7. The molecule has 4 rings (SSSR count). The fourth-order valence-corrected chi connectivity index (χ4v) is 4.59. The van der Waals surface area contributed by atoms with E-state index in [9.17, 15) is 9.59 Å². The first-order valence-corrected chi connectivity index (χ1v) is 13.0. The number of rotatable bonds is 10. The van der Waals surface area contributed by atoms with E-state index in [0.29, 0.717) is 31.2 Å². The minimum atomic E-state index is -0.591. The summed E-state index contributed by atoms with van der Waals surface area (Å²) in [6.45, 7) is 9.36. The van der Waals surface area contributed by atoms with Crippen molar-refractivity contribution in [3.05, 3.63) is 92.1 Å². The molecule has 0 unspecified atom stereocenters. The maximum atomic E-state index is 13.8. The summed E-state index contributed by atoms with van der Waals surface area (Å²) in [7, 11) is 1.63. The van der Waals surface area contributed by atoms with Crippen LogP contribution in [0.3, 0.4) is 0 Å². The number of aromatic amines is 1. The molecule has 0 atom stereocenters. The summed E-state index contributed by atoms with van der Waals surface area (Å²) in [5, 5.41) is 3.85. The number of hydrogen-bond acceptors (Lipinski definition) is 6. The Balaban J connectivity index is 0.00000420. The van der Waals surface area contributed by atoms with Gasteiger partial charge in [-0.25, -0.2) is 9.78 Å². The average Bonchev–Trinajstić information content (AvgIpc) is 3.33. The van der Waals surface area contributed by atoms with Crippen LogP contribution in [-0.4, -0.2) is 56.4 Å². The molecule has 8 nitrogen and oxygen atoms in total. The molecule has 9 heteroatoms. The van der Waals surface area contributed by atoms with Gasteiger partial charge in [-0.3, -0.25) is 18.9 Å². The van der Waals surface area contributed by atoms with Crippen LogP contribution in [0.1, 0.15) is 63.2 Å². The van der Waals surface area contributed by atoms with E-state index in [0.717, 1.165) is 52.8 Å². The number of unbranched alkanes of at least 4 members (excludes halogenated alkanes) is 1. The summed E-state index contributed by atoms with van der Waals surface area (Å²) in [4.78, 5) is 32.9. The van der Waals surface area contributed by atoms with E-state index in [1.54, 1.807) is 11.7 Å². The van der Waals surface area contributed by atoms with Crippen molar-refractivity contribution >= 4 is 29.6 Å². The van der Waals surface area contributed by atoms with Crippen molar-refractivity contribution in [2.45, 2.75) is 66.5 Å². The first-order valence-electron chi connectivity index (χ1n) is 13.0. The monoisotopic (exact) mass is 540 g/mol. The number of ether oxygens (including phenoxy) is 1. The molecule has 0 saturated heterocycles. The fraction of sp³-hybridized carbons (Fsp3) is 0.400. The molecule has 4 aromatic rings. The third kappa shape index (κ3) is 7.66. The zero-order valence-corrected chi connectivity index (χ0v) is 22.8. The minimum absolute atomic E-state index is 0. The number of H-pyrrole nitrogens is 1. The molecule has 0 aliphatic rings. The quantitative estimate of drug-likeness (QED) is 0.292. The molecular formula is C30H37N4NaO4. The van der Waals surface area contributed by atoms with Crippen LogP contribution in [0.15, 0.2) is 62.6 Å². The number of methoxy groups -OCH3 is 1. The number of aromatic nitrogens is 4. The van der Waals surface area contributed by atoms with Crippen LogP contribution >= 0.6 is 0 Å². The SMILES string of the molecule is CCCCc1nc(COC)n(CC(C)(C)C)c(=O)c1Cc1ccc(-c2ccccc2-c2noc(=O)[nH]2)cc1.[NaH]. The van der Waals surface area contributed by atoms with E-state index in [2.05, 4.69) is 37.8 Å². The summed E-state index contributed by atoms with van der Waals surface area (Å²) >= 11 is 0. The van der Waals surface area contributed by atoms with Gasteiger partial charge in [0.1, 0.15) is 12.4 Å². The van der Waals surface area contributed by atoms with Gasteiger partial charge in [0.2, 0.25) is 0 Å². The second kappa shape index (κ2) is 13.5. The molecule has 0 radical (unpaired) electrons. The topological polar surface area (TPSA) is 103 Å².